The Morgan fingerprint density at radius 3 is 2.59 bits per heavy atom. The van der Waals surface area contributed by atoms with Crippen LogP contribution in [0.2, 0.25) is 0 Å². The van der Waals surface area contributed by atoms with Gasteiger partial charge in [-0.15, -0.1) is 0 Å². The van der Waals surface area contributed by atoms with Crippen LogP contribution in [0.25, 0.3) is 6.08 Å². The monoisotopic (exact) mass is 392 g/mol. The van der Waals surface area contributed by atoms with E-state index in [1.165, 1.54) is 35.1 Å². The number of hydrogen-bond donors (Lipinski definition) is 1. The van der Waals surface area contributed by atoms with Crippen LogP contribution in [-0.4, -0.2) is 11.2 Å². The second-order valence-corrected chi connectivity index (χ2v) is 10.8. The van der Waals surface area contributed by atoms with Gasteiger partial charge in [-0.2, -0.15) is 0 Å². The van der Waals surface area contributed by atoms with Crippen molar-refractivity contribution in [3.05, 3.63) is 52.1 Å². The van der Waals surface area contributed by atoms with E-state index in [0.29, 0.717) is 29.6 Å². The molecule has 158 valence electrons. The van der Waals surface area contributed by atoms with Crippen LogP contribution in [0.3, 0.4) is 0 Å². The van der Waals surface area contributed by atoms with E-state index >= 15 is 0 Å². The van der Waals surface area contributed by atoms with Crippen molar-refractivity contribution in [2.24, 2.45) is 29.1 Å². The maximum absolute atomic E-state index is 10.2. The van der Waals surface area contributed by atoms with Gasteiger partial charge in [-0.3, -0.25) is 0 Å². The van der Waals surface area contributed by atoms with Gasteiger partial charge in [-0.1, -0.05) is 65.0 Å². The number of fused-ring (bicyclic) bond motifs is 4. The van der Waals surface area contributed by atoms with E-state index in [2.05, 4.69) is 71.9 Å². The van der Waals surface area contributed by atoms with E-state index in [1.807, 2.05) is 0 Å². The molecule has 0 radical (unpaired) electrons. The highest BCUT2D eigenvalue weighted by molar-refractivity contribution is 5.67. The molecule has 3 aliphatic carbocycles. The van der Waals surface area contributed by atoms with Gasteiger partial charge in [-0.25, -0.2) is 0 Å². The van der Waals surface area contributed by atoms with E-state index in [4.69, 9.17) is 0 Å². The van der Waals surface area contributed by atoms with Gasteiger partial charge in [0.2, 0.25) is 0 Å². The second-order valence-electron chi connectivity index (χ2n) is 10.8. The van der Waals surface area contributed by atoms with Gasteiger partial charge in [-0.05, 0) is 102 Å². The Balaban J connectivity index is 1.65. The molecule has 1 nitrogen and oxygen atoms in total. The zero-order valence-corrected chi connectivity index (χ0v) is 19.3. The lowest BCUT2D eigenvalue weighted by atomic mass is 9.63. The van der Waals surface area contributed by atoms with E-state index in [9.17, 15) is 5.11 Å². The molecule has 0 unspecified atom stereocenters. The van der Waals surface area contributed by atoms with Crippen molar-refractivity contribution < 1.29 is 5.11 Å². The lowest BCUT2D eigenvalue weighted by Gasteiger charge is -2.41. The van der Waals surface area contributed by atoms with Crippen molar-refractivity contribution in [3.8, 4) is 0 Å². The predicted molar refractivity (Wildman–Crippen MR) is 124 cm³/mol. The Morgan fingerprint density at radius 1 is 1.10 bits per heavy atom. The Kier molecular flexibility index (Phi) is 5.57. The normalized spacial score (nSPS) is 32.9. The fourth-order valence-electron chi connectivity index (χ4n) is 6.41. The van der Waals surface area contributed by atoms with Crippen LogP contribution in [0.1, 0.15) is 87.6 Å². The minimum absolute atomic E-state index is 0.159. The molecule has 29 heavy (non-hydrogen) atoms. The fourth-order valence-corrected chi connectivity index (χ4v) is 6.41. The molecule has 0 heterocycles. The Hall–Kier alpha value is -1.34. The third-order valence-electron chi connectivity index (χ3n) is 8.78. The van der Waals surface area contributed by atoms with Crippen LogP contribution >= 0.6 is 0 Å². The quantitative estimate of drug-likeness (QED) is 0.555. The van der Waals surface area contributed by atoms with Crippen molar-refractivity contribution >= 4 is 6.08 Å². The lowest BCUT2D eigenvalue weighted by molar-refractivity contribution is 0.158. The summed E-state index contributed by atoms with van der Waals surface area (Å²) in [7, 11) is 0. The maximum atomic E-state index is 10.2. The summed E-state index contributed by atoms with van der Waals surface area (Å²) >= 11 is 0. The molecule has 0 aliphatic heterocycles. The molecule has 0 amide bonds. The number of benzene rings is 1. The van der Waals surface area contributed by atoms with Crippen LogP contribution in [-0.2, 0) is 12.8 Å². The third kappa shape index (κ3) is 3.54. The Bertz CT molecular complexity index is 829. The molecule has 0 aromatic heterocycles. The van der Waals surface area contributed by atoms with Crippen molar-refractivity contribution in [3.63, 3.8) is 0 Å². The predicted octanol–water partition coefficient (Wildman–Crippen LogP) is 6.86. The fraction of sp³-hybridized carbons (Fsp3) is 0.643. The minimum atomic E-state index is -0.159. The lowest BCUT2D eigenvalue weighted by Crippen LogP contribution is -2.32. The third-order valence-corrected chi connectivity index (χ3v) is 8.78. The van der Waals surface area contributed by atoms with E-state index in [0.717, 1.165) is 19.3 Å². The Labute approximate surface area is 178 Å². The standard InChI is InChI=1S/C28H40O/c1-17(2)18(3)7-8-19(4)26-11-12-27-25-15-21-9-10-22(29)16-24(21)20(5)23(25)13-14-28(26,27)6/h7-8,13-15,17-19,22,26-27,29H,9-12,16H2,1-6H3/b8-7+/t18-,19+,22-,26+,27-,28+/m0/s1. The number of aryl methyl sites for hydroxylation is 1. The van der Waals surface area contributed by atoms with Crippen LogP contribution in [0.5, 0.6) is 0 Å². The number of rotatable bonds is 4. The van der Waals surface area contributed by atoms with Crippen LogP contribution in [0, 0.1) is 36.0 Å². The van der Waals surface area contributed by atoms with E-state index < -0.39 is 0 Å². The first-order valence-electron chi connectivity index (χ1n) is 11.9. The Morgan fingerprint density at radius 2 is 1.86 bits per heavy atom. The molecule has 3 aliphatic rings. The second kappa shape index (κ2) is 7.73. The summed E-state index contributed by atoms with van der Waals surface area (Å²) in [5.41, 5.74) is 7.66. The highest BCUT2D eigenvalue weighted by Gasteiger charge is 2.49. The van der Waals surface area contributed by atoms with E-state index in [1.54, 1.807) is 5.56 Å². The molecule has 1 fully saturated rings. The van der Waals surface area contributed by atoms with Gasteiger partial charge in [0.15, 0.2) is 0 Å². The highest BCUT2D eigenvalue weighted by Crippen LogP contribution is 2.60. The number of hydrogen-bond acceptors (Lipinski definition) is 1. The molecule has 0 saturated heterocycles. The van der Waals surface area contributed by atoms with Gasteiger partial charge in [0.25, 0.3) is 0 Å². The van der Waals surface area contributed by atoms with Crippen molar-refractivity contribution in [1.82, 2.24) is 0 Å². The summed E-state index contributed by atoms with van der Waals surface area (Å²) in [5.74, 6) is 3.33. The molecule has 1 aromatic rings. The zero-order chi connectivity index (χ0) is 20.9. The molecule has 1 saturated carbocycles. The van der Waals surface area contributed by atoms with Gasteiger partial charge in [0.1, 0.15) is 0 Å². The van der Waals surface area contributed by atoms with Crippen LogP contribution < -0.4 is 0 Å². The van der Waals surface area contributed by atoms with Crippen molar-refractivity contribution in [1.29, 1.82) is 0 Å². The zero-order valence-electron chi connectivity index (χ0n) is 19.3. The molecular weight excluding hydrogens is 352 g/mol. The maximum Gasteiger partial charge on any atom is 0.0583 e. The van der Waals surface area contributed by atoms with E-state index in [-0.39, 0.29) is 11.5 Å². The molecule has 4 rings (SSSR count). The number of allylic oxidation sites excluding steroid dienone is 3. The van der Waals surface area contributed by atoms with Gasteiger partial charge in [0, 0.05) is 0 Å². The number of aliphatic hydroxyl groups is 1. The smallest absolute Gasteiger partial charge is 0.0583 e. The minimum Gasteiger partial charge on any atom is -0.393 e. The SMILES string of the molecule is Cc1c2c(cc3c1C[C@@H](O)CC3)[C@@H]1CC[C@H]([C@H](C)/C=C/[C@H](C)C(C)C)[C@@]1(C)C=C2. The summed E-state index contributed by atoms with van der Waals surface area (Å²) in [5, 5.41) is 10.2. The molecule has 0 bridgehead atoms. The largest absolute Gasteiger partial charge is 0.393 e. The summed E-state index contributed by atoms with van der Waals surface area (Å²) < 4.78 is 0. The van der Waals surface area contributed by atoms with Gasteiger partial charge < -0.3 is 5.11 Å². The summed E-state index contributed by atoms with van der Waals surface area (Å²) in [4.78, 5) is 0. The summed E-state index contributed by atoms with van der Waals surface area (Å²) in [6.07, 6.45) is 15.2. The molecular formula is C28H40O. The summed E-state index contributed by atoms with van der Waals surface area (Å²) in [6.45, 7) is 14.2. The topological polar surface area (TPSA) is 20.2 Å². The molecule has 0 spiro atoms. The average molecular weight is 393 g/mol. The first-order valence-corrected chi connectivity index (χ1v) is 11.9. The first kappa shape index (κ1) is 20.9. The van der Waals surface area contributed by atoms with Gasteiger partial charge in [0.05, 0.1) is 6.10 Å². The average Bonchev–Trinajstić information content (AvgIpc) is 3.04. The molecule has 1 heteroatoms. The molecule has 6 atom stereocenters. The molecule has 1 aromatic carbocycles. The van der Waals surface area contributed by atoms with Crippen molar-refractivity contribution in [2.75, 3.05) is 0 Å². The summed E-state index contributed by atoms with van der Waals surface area (Å²) in [6, 6.07) is 2.53. The van der Waals surface area contributed by atoms with Crippen LogP contribution in [0.15, 0.2) is 24.3 Å². The first-order chi connectivity index (χ1) is 13.7. The van der Waals surface area contributed by atoms with Gasteiger partial charge >= 0.3 is 0 Å². The van der Waals surface area contributed by atoms with Crippen molar-refractivity contribution in [2.45, 2.75) is 85.7 Å². The van der Waals surface area contributed by atoms with Crippen LogP contribution in [0.4, 0.5) is 0 Å². The molecule has 1 N–H and O–H groups in total. The highest BCUT2D eigenvalue weighted by atomic mass is 16.3. The number of aliphatic hydroxyl groups excluding tert-OH is 1.